The number of hydrogen-bond donors (Lipinski definition) is 6. The molecule has 136 valence electrons. The van der Waals surface area contributed by atoms with E-state index in [-0.39, 0.29) is 19.5 Å². The number of nitrogens with one attached hydrogen (secondary N) is 1. The molecule has 0 aromatic rings. The van der Waals surface area contributed by atoms with Crippen LogP contribution in [0.3, 0.4) is 0 Å². The van der Waals surface area contributed by atoms with Crippen LogP contribution in [0.4, 0.5) is 4.79 Å². The van der Waals surface area contributed by atoms with Crippen LogP contribution >= 0.6 is 0 Å². The summed E-state index contributed by atoms with van der Waals surface area (Å²) in [5.74, 6) is -2.14. The lowest BCUT2D eigenvalue weighted by Crippen LogP contribution is -2.37. The van der Waals surface area contributed by atoms with E-state index in [1.807, 2.05) is 0 Å². The summed E-state index contributed by atoms with van der Waals surface area (Å²) in [4.78, 5) is 31.0. The molecule has 0 radical (unpaired) electrons. The molecular formula is C13H26N2O8. The molecule has 0 rings (SSSR count). The number of carboxylic acids is 2. The van der Waals surface area contributed by atoms with Crippen LogP contribution in [0.5, 0.6) is 0 Å². The van der Waals surface area contributed by atoms with Gasteiger partial charge >= 0.3 is 18.0 Å². The number of aliphatic hydroxyl groups excluding tert-OH is 2. The molecule has 23 heavy (non-hydrogen) atoms. The van der Waals surface area contributed by atoms with Crippen molar-refractivity contribution < 1.29 is 39.5 Å². The minimum absolute atomic E-state index is 0.00625. The van der Waals surface area contributed by atoms with Crippen molar-refractivity contribution in [1.29, 1.82) is 0 Å². The number of aliphatic hydroxyl groups is 2. The second kappa shape index (κ2) is 11.6. The Labute approximate surface area is 134 Å². The van der Waals surface area contributed by atoms with Gasteiger partial charge in [-0.25, -0.2) is 4.79 Å². The average Bonchev–Trinajstić information content (AvgIpc) is 2.33. The zero-order valence-corrected chi connectivity index (χ0v) is 13.5. The fraction of sp³-hybridized carbons (Fsp3) is 0.769. The number of nitrogens with two attached hydrogens (primary N) is 1. The molecule has 10 heteroatoms. The first-order chi connectivity index (χ1) is 10.4. The van der Waals surface area contributed by atoms with Gasteiger partial charge < -0.3 is 36.2 Å². The van der Waals surface area contributed by atoms with E-state index in [1.165, 1.54) is 0 Å². The van der Waals surface area contributed by atoms with Crippen molar-refractivity contribution in [2.75, 3.05) is 13.1 Å². The number of alkyl carbamates (subject to hydrolysis) is 1. The van der Waals surface area contributed by atoms with E-state index in [2.05, 4.69) is 5.32 Å². The normalized spacial score (nSPS) is 13.1. The van der Waals surface area contributed by atoms with E-state index in [1.54, 1.807) is 20.8 Å². The van der Waals surface area contributed by atoms with Gasteiger partial charge in [0.25, 0.3) is 0 Å². The standard InChI is InChI=1S/C9H17NO5.C4H9NO3/c1-9(2,3)15-8(14)10-5-6(11)4-7(12)13;5-2-3(6)1-4(7)8/h6,11H,4-5H2,1-3H3,(H,10,14)(H,12,13);3,6H,1-2,5H2,(H,7,8). The van der Waals surface area contributed by atoms with Gasteiger partial charge in [0.1, 0.15) is 5.60 Å². The van der Waals surface area contributed by atoms with Crippen LogP contribution in [0, 0.1) is 0 Å². The third-order valence-electron chi connectivity index (χ3n) is 1.97. The Bertz CT molecular complexity index is 381. The zero-order chi connectivity index (χ0) is 18.6. The first-order valence-corrected chi connectivity index (χ1v) is 6.84. The van der Waals surface area contributed by atoms with Gasteiger partial charge in [-0.1, -0.05) is 0 Å². The van der Waals surface area contributed by atoms with Gasteiger partial charge in [0.05, 0.1) is 25.0 Å². The summed E-state index contributed by atoms with van der Waals surface area (Å²) in [6.07, 6.45) is -3.35. The number of amides is 1. The summed E-state index contributed by atoms with van der Waals surface area (Å²) in [7, 11) is 0. The monoisotopic (exact) mass is 338 g/mol. The Morgan fingerprint density at radius 3 is 1.78 bits per heavy atom. The van der Waals surface area contributed by atoms with Crippen LogP contribution in [0.25, 0.3) is 0 Å². The van der Waals surface area contributed by atoms with Crippen molar-refractivity contribution in [2.24, 2.45) is 5.73 Å². The van der Waals surface area contributed by atoms with Gasteiger partial charge in [-0.3, -0.25) is 9.59 Å². The molecule has 0 aromatic carbocycles. The summed E-state index contributed by atoms with van der Waals surface area (Å²) in [6, 6.07) is 0. The van der Waals surface area contributed by atoms with E-state index in [0.29, 0.717) is 0 Å². The van der Waals surface area contributed by atoms with E-state index >= 15 is 0 Å². The summed E-state index contributed by atoms with van der Waals surface area (Å²) in [5, 5.41) is 36.2. The predicted octanol–water partition coefficient (Wildman–Crippen LogP) is -0.873. The van der Waals surface area contributed by atoms with Crippen LogP contribution in [-0.4, -0.2) is 69.4 Å². The van der Waals surface area contributed by atoms with Gasteiger partial charge in [-0.05, 0) is 20.8 Å². The number of carboxylic acid groups (broad SMARTS) is 2. The van der Waals surface area contributed by atoms with Crippen molar-refractivity contribution in [3.8, 4) is 0 Å². The number of ether oxygens (including phenoxy) is 1. The van der Waals surface area contributed by atoms with Crippen molar-refractivity contribution in [3.05, 3.63) is 0 Å². The predicted molar refractivity (Wildman–Crippen MR) is 79.8 cm³/mol. The van der Waals surface area contributed by atoms with Crippen LogP contribution in [0.1, 0.15) is 33.6 Å². The van der Waals surface area contributed by atoms with E-state index in [0.717, 1.165) is 0 Å². The second-order valence-electron chi connectivity index (χ2n) is 5.62. The van der Waals surface area contributed by atoms with Gasteiger partial charge in [-0.15, -0.1) is 0 Å². The highest BCUT2D eigenvalue weighted by Gasteiger charge is 2.17. The molecule has 7 N–H and O–H groups in total. The third kappa shape index (κ3) is 20.1. The second-order valence-corrected chi connectivity index (χ2v) is 5.62. The summed E-state index contributed by atoms with van der Waals surface area (Å²) in [6.45, 7) is 4.99. The Balaban J connectivity index is 0. The molecule has 0 aliphatic rings. The van der Waals surface area contributed by atoms with Gasteiger partial charge in [0.15, 0.2) is 0 Å². The summed E-state index contributed by atoms with van der Waals surface area (Å²) in [5.41, 5.74) is 4.30. The molecule has 0 aromatic heterocycles. The number of aliphatic carboxylic acids is 2. The highest BCUT2D eigenvalue weighted by molar-refractivity contribution is 5.69. The lowest BCUT2D eigenvalue weighted by atomic mass is 10.2. The smallest absolute Gasteiger partial charge is 0.407 e. The fourth-order valence-electron chi connectivity index (χ4n) is 1.07. The SMILES string of the molecule is CC(C)(C)OC(=O)NCC(O)CC(=O)O.NCC(O)CC(=O)O. The molecule has 0 saturated carbocycles. The molecule has 10 nitrogen and oxygen atoms in total. The molecule has 0 fully saturated rings. The summed E-state index contributed by atoms with van der Waals surface area (Å²) >= 11 is 0. The maximum absolute atomic E-state index is 11.1. The number of hydrogen-bond acceptors (Lipinski definition) is 7. The lowest BCUT2D eigenvalue weighted by Gasteiger charge is -2.20. The van der Waals surface area contributed by atoms with E-state index in [9.17, 15) is 14.4 Å². The topological polar surface area (TPSA) is 179 Å². The maximum Gasteiger partial charge on any atom is 0.407 e. The van der Waals surface area contributed by atoms with Crippen molar-refractivity contribution >= 4 is 18.0 Å². The van der Waals surface area contributed by atoms with Gasteiger partial charge in [0.2, 0.25) is 0 Å². The number of carbonyl (C=O) groups is 3. The highest BCUT2D eigenvalue weighted by Crippen LogP contribution is 2.06. The Hall–Kier alpha value is -1.91. The van der Waals surface area contributed by atoms with E-state index in [4.69, 9.17) is 30.9 Å². The molecule has 0 spiro atoms. The maximum atomic E-state index is 11.1. The fourth-order valence-corrected chi connectivity index (χ4v) is 1.07. The Morgan fingerprint density at radius 2 is 1.48 bits per heavy atom. The molecule has 0 heterocycles. The van der Waals surface area contributed by atoms with Crippen LogP contribution in [0.15, 0.2) is 0 Å². The van der Waals surface area contributed by atoms with Crippen LogP contribution in [-0.2, 0) is 14.3 Å². The zero-order valence-electron chi connectivity index (χ0n) is 13.5. The first-order valence-electron chi connectivity index (χ1n) is 6.84. The van der Waals surface area contributed by atoms with Gasteiger partial charge in [0, 0.05) is 13.1 Å². The summed E-state index contributed by atoms with van der Waals surface area (Å²) < 4.78 is 4.88. The molecule has 0 bridgehead atoms. The average molecular weight is 338 g/mol. The van der Waals surface area contributed by atoms with Crippen LogP contribution in [0.2, 0.25) is 0 Å². The minimum Gasteiger partial charge on any atom is -0.481 e. The first kappa shape index (κ1) is 23.4. The molecule has 2 unspecified atom stereocenters. The third-order valence-corrected chi connectivity index (χ3v) is 1.97. The minimum atomic E-state index is -1.12. The molecular weight excluding hydrogens is 312 g/mol. The van der Waals surface area contributed by atoms with Crippen LogP contribution < -0.4 is 11.1 Å². The molecule has 0 aliphatic heterocycles. The van der Waals surface area contributed by atoms with Crippen molar-refractivity contribution in [3.63, 3.8) is 0 Å². The Kier molecular flexibility index (Phi) is 11.8. The molecule has 0 saturated heterocycles. The molecule has 0 aliphatic carbocycles. The molecule has 1 amide bonds. The Morgan fingerprint density at radius 1 is 1.04 bits per heavy atom. The quantitative estimate of drug-likeness (QED) is 0.344. The van der Waals surface area contributed by atoms with Gasteiger partial charge in [-0.2, -0.15) is 0 Å². The highest BCUT2D eigenvalue weighted by atomic mass is 16.6. The number of rotatable bonds is 7. The number of carbonyl (C=O) groups excluding carboxylic acids is 1. The largest absolute Gasteiger partial charge is 0.481 e. The molecule has 2 atom stereocenters. The van der Waals surface area contributed by atoms with Crippen molar-refractivity contribution in [2.45, 2.75) is 51.4 Å². The van der Waals surface area contributed by atoms with E-state index < -0.39 is 42.3 Å². The van der Waals surface area contributed by atoms with Crippen molar-refractivity contribution in [1.82, 2.24) is 5.32 Å². The lowest BCUT2D eigenvalue weighted by molar-refractivity contribution is -0.140.